The molecule has 22 heavy (non-hydrogen) atoms. The van der Waals surface area contributed by atoms with Gasteiger partial charge in [0.05, 0.1) is 14.2 Å². The molecule has 5 nitrogen and oxygen atoms in total. The second-order valence-electron chi connectivity index (χ2n) is 5.56. The van der Waals surface area contributed by atoms with E-state index in [-0.39, 0.29) is 24.4 Å². The first-order valence-electron chi connectivity index (χ1n) is 7.32. The van der Waals surface area contributed by atoms with Crippen LogP contribution in [0.1, 0.15) is 30.9 Å². The zero-order valence-corrected chi connectivity index (χ0v) is 14.2. The highest BCUT2D eigenvalue weighted by Gasteiger charge is 2.22. The first-order valence-corrected chi connectivity index (χ1v) is 7.32. The van der Waals surface area contributed by atoms with E-state index < -0.39 is 0 Å². The van der Waals surface area contributed by atoms with Crippen LogP contribution in [0.3, 0.4) is 0 Å². The highest BCUT2D eigenvalue weighted by atomic mass is 35.5. The maximum atomic E-state index is 12.2. The van der Waals surface area contributed by atoms with Gasteiger partial charge in [-0.05, 0) is 43.0 Å². The molecule has 0 aromatic heterocycles. The minimum Gasteiger partial charge on any atom is -0.493 e. The minimum atomic E-state index is 0. The normalized spacial score (nSPS) is 14.6. The molecular formula is C16H25ClN2O3. The summed E-state index contributed by atoms with van der Waals surface area (Å²) in [6, 6.07) is 4.05. The molecule has 1 aromatic carbocycles. The summed E-state index contributed by atoms with van der Waals surface area (Å²) >= 11 is 0. The highest BCUT2D eigenvalue weighted by molar-refractivity contribution is 5.85. The summed E-state index contributed by atoms with van der Waals surface area (Å²) in [7, 11) is 3.26. The van der Waals surface area contributed by atoms with Gasteiger partial charge in [0.2, 0.25) is 5.91 Å². The van der Waals surface area contributed by atoms with E-state index in [4.69, 9.17) is 15.2 Å². The number of carbonyl (C=O) groups excluding carboxylic acids is 1. The number of nitrogens with zero attached hydrogens (tertiary/aromatic N) is 1. The van der Waals surface area contributed by atoms with Crippen molar-refractivity contribution in [1.82, 2.24) is 4.90 Å². The molecule has 124 valence electrons. The number of hydrogen-bond donors (Lipinski definition) is 1. The van der Waals surface area contributed by atoms with Gasteiger partial charge in [-0.1, -0.05) is 0 Å². The van der Waals surface area contributed by atoms with Gasteiger partial charge in [-0.3, -0.25) is 4.79 Å². The third-order valence-electron chi connectivity index (χ3n) is 3.88. The van der Waals surface area contributed by atoms with Crippen LogP contribution in [-0.2, 0) is 17.8 Å². The van der Waals surface area contributed by atoms with Crippen LogP contribution in [0, 0.1) is 0 Å². The zero-order valence-electron chi connectivity index (χ0n) is 13.4. The standard InChI is InChI=1S/C16H24N2O3.ClH/c1-11(17)4-5-16(19)18-7-6-12-8-14(20-2)15(21-3)9-13(12)10-18;/h8-9,11H,4-7,10,17H2,1-3H3;1H. The average Bonchev–Trinajstić information content (AvgIpc) is 2.50. The largest absolute Gasteiger partial charge is 0.493 e. The van der Waals surface area contributed by atoms with Gasteiger partial charge >= 0.3 is 0 Å². The van der Waals surface area contributed by atoms with Gasteiger partial charge in [-0.2, -0.15) is 0 Å². The van der Waals surface area contributed by atoms with Gasteiger partial charge in [0.1, 0.15) is 0 Å². The lowest BCUT2D eigenvalue weighted by atomic mass is 9.98. The smallest absolute Gasteiger partial charge is 0.222 e. The summed E-state index contributed by atoms with van der Waals surface area (Å²) in [5, 5.41) is 0. The van der Waals surface area contributed by atoms with E-state index >= 15 is 0 Å². The molecule has 2 rings (SSSR count). The van der Waals surface area contributed by atoms with Crippen molar-refractivity contribution in [1.29, 1.82) is 0 Å². The van der Waals surface area contributed by atoms with Gasteiger partial charge in [0, 0.05) is 25.6 Å². The Morgan fingerprint density at radius 1 is 1.27 bits per heavy atom. The van der Waals surface area contributed by atoms with Crippen LogP contribution < -0.4 is 15.2 Å². The van der Waals surface area contributed by atoms with Gasteiger partial charge in [-0.25, -0.2) is 0 Å². The molecule has 1 amide bonds. The molecule has 1 aliphatic rings. The fourth-order valence-electron chi connectivity index (χ4n) is 2.61. The number of hydrogen-bond acceptors (Lipinski definition) is 4. The second-order valence-corrected chi connectivity index (χ2v) is 5.56. The Morgan fingerprint density at radius 2 is 1.86 bits per heavy atom. The molecule has 0 saturated carbocycles. The molecule has 6 heteroatoms. The van der Waals surface area contributed by atoms with Crippen LogP contribution in [0.2, 0.25) is 0 Å². The van der Waals surface area contributed by atoms with Crippen molar-refractivity contribution in [2.75, 3.05) is 20.8 Å². The fourth-order valence-corrected chi connectivity index (χ4v) is 2.61. The third kappa shape index (κ3) is 4.27. The van der Waals surface area contributed by atoms with Crippen LogP contribution in [0.15, 0.2) is 12.1 Å². The Kier molecular flexibility index (Phi) is 6.97. The monoisotopic (exact) mass is 328 g/mol. The number of halogens is 1. The molecule has 1 aromatic rings. The van der Waals surface area contributed by atoms with Gasteiger partial charge in [-0.15, -0.1) is 12.4 Å². The first-order chi connectivity index (χ1) is 10.0. The molecule has 1 heterocycles. The predicted molar refractivity (Wildman–Crippen MR) is 88.8 cm³/mol. The summed E-state index contributed by atoms with van der Waals surface area (Å²) in [5.74, 6) is 1.63. The highest BCUT2D eigenvalue weighted by Crippen LogP contribution is 2.33. The van der Waals surface area contributed by atoms with Crippen LogP contribution in [-0.4, -0.2) is 37.6 Å². The van der Waals surface area contributed by atoms with Crippen LogP contribution >= 0.6 is 12.4 Å². The Bertz CT molecular complexity index is 520. The molecule has 0 saturated heterocycles. The molecular weight excluding hydrogens is 304 g/mol. The van der Waals surface area contributed by atoms with Gasteiger partial charge in [0.25, 0.3) is 0 Å². The van der Waals surface area contributed by atoms with E-state index in [1.807, 2.05) is 24.0 Å². The maximum absolute atomic E-state index is 12.2. The number of carbonyl (C=O) groups is 1. The SMILES string of the molecule is COc1cc2c(cc1OC)CN(C(=O)CCC(C)N)CC2.Cl. The first kappa shape index (κ1) is 18.6. The van der Waals surface area contributed by atoms with Crippen LogP contribution in [0.4, 0.5) is 0 Å². The average molecular weight is 329 g/mol. The summed E-state index contributed by atoms with van der Waals surface area (Å²) in [5.41, 5.74) is 8.07. The van der Waals surface area contributed by atoms with Crippen molar-refractivity contribution in [3.63, 3.8) is 0 Å². The summed E-state index contributed by atoms with van der Waals surface area (Å²) in [6.45, 7) is 3.31. The van der Waals surface area contributed by atoms with E-state index in [0.29, 0.717) is 18.7 Å². The van der Waals surface area contributed by atoms with Crippen molar-refractivity contribution in [3.05, 3.63) is 23.3 Å². The molecule has 0 spiro atoms. The van der Waals surface area contributed by atoms with Gasteiger partial charge < -0.3 is 20.1 Å². The summed E-state index contributed by atoms with van der Waals surface area (Å²) < 4.78 is 10.7. The van der Waals surface area contributed by atoms with Crippen molar-refractivity contribution in [2.45, 2.75) is 38.8 Å². The number of rotatable bonds is 5. The lowest BCUT2D eigenvalue weighted by molar-refractivity contribution is -0.132. The van der Waals surface area contributed by atoms with Crippen LogP contribution in [0.5, 0.6) is 11.5 Å². The van der Waals surface area contributed by atoms with Crippen molar-refractivity contribution in [3.8, 4) is 11.5 Å². The summed E-state index contributed by atoms with van der Waals surface area (Å²) in [4.78, 5) is 14.1. The Balaban J connectivity index is 0.00000242. The van der Waals surface area contributed by atoms with Crippen molar-refractivity contribution >= 4 is 18.3 Å². The molecule has 0 bridgehead atoms. The number of benzene rings is 1. The molecule has 1 aliphatic heterocycles. The van der Waals surface area contributed by atoms with E-state index in [1.165, 1.54) is 5.56 Å². The van der Waals surface area contributed by atoms with E-state index in [2.05, 4.69) is 0 Å². The number of amides is 1. The van der Waals surface area contributed by atoms with Crippen molar-refractivity contribution < 1.29 is 14.3 Å². The van der Waals surface area contributed by atoms with Gasteiger partial charge in [0.15, 0.2) is 11.5 Å². The van der Waals surface area contributed by atoms with E-state index in [0.717, 1.165) is 30.7 Å². The minimum absolute atomic E-state index is 0. The lowest BCUT2D eigenvalue weighted by Crippen LogP contribution is -2.36. The van der Waals surface area contributed by atoms with E-state index in [9.17, 15) is 4.79 Å². The molecule has 0 aliphatic carbocycles. The molecule has 1 atom stereocenters. The lowest BCUT2D eigenvalue weighted by Gasteiger charge is -2.30. The fraction of sp³-hybridized carbons (Fsp3) is 0.562. The topological polar surface area (TPSA) is 64.8 Å². The molecule has 0 fully saturated rings. The van der Waals surface area contributed by atoms with E-state index in [1.54, 1.807) is 14.2 Å². The number of nitrogens with two attached hydrogens (primary N) is 1. The number of ether oxygens (including phenoxy) is 2. The van der Waals surface area contributed by atoms with Crippen LogP contribution in [0.25, 0.3) is 0 Å². The Hall–Kier alpha value is -1.46. The number of methoxy groups -OCH3 is 2. The predicted octanol–water partition coefficient (Wildman–Crippen LogP) is 2.14. The third-order valence-corrected chi connectivity index (χ3v) is 3.88. The second kappa shape index (κ2) is 8.25. The van der Waals surface area contributed by atoms with Crippen molar-refractivity contribution in [2.24, 2.45) is 5.73 Å². The Labute approximate surface area is 138 Å². The Morgan fingerprint density at radius 3 is 2.41 bits per heavy atom. The molecule has 2 N–H and O–H groups in total. The quantitative estimate of drug-likeness (QED) is 0.899. The molecule has 1 unspecified atom stereocenters. The molecule has 0 radical (unpaired) electrons. The summed E-state index contributed by atoms with van der Waals surface area (Å²) in [6.07, 6.45) is 2.09. The maximum Gasteiger partial charge on any atom is 0.222 e. The number of fused-ring (bicyclic) bond motifs is 1. The zero-order chi connectivity index (χ0) is 15.4.